The highest BCUT2D eigenvalue weighted by Crippen LogP contribution is 2.12. The van der Waals surface area contributed by atoms with Crippen LogP contribution in [0, 0.1) is 10.6 Å². The Hall–Kier alpha value is -0.720. The minimum absolute atomic E-state index is 0.738. The molecule has 0 bridgehead atoms. The van der Waals surface area contributed by atoms with Gasteiger partial charge in [-0.15, -0.1) is 0 Å². The van der Waals surface area contributed by atoms with Crippen molar-refractivity contribution in [3.05, 3.63) is 15.9 Å². The summed E-state index contributed by atoms with van der Waals surface area (Å²) in [6, 6.07) is 0. The molecule has 0 atom stereocenters. The lowest BCUT2D eigenvalue weighted by Crippen LogP contribution is -1.91. The number of hydrogen-bond donors (Lipinski definition) is 1. The number of aromatic amines is 1. The van der Waals surface area contributed by atoms with Crippen molar-refractivity contribution in [2.45, 2.75) is 6.92 Å². The fourth-order valence-corrected chi connectivity index (χ4v) is 1.65. The van der Waals surface area contributed by atoms with Crippen molar-refractivity contribution in [3.8, 4) is 0 Å². The van der Waals surface area contributed by atoms with Crippen LogP contribution in [-0.4, -0.2) is 19.9 Å². The molecule has 0 radical (unpaired) electrons. The van der Waals surface area contributed by atoms with Crippen molar-refractivity contribution in [1.29, 1.82) is 0 Å². The van der Waals surface area contributed by atoms with Crippen LogP contribution >= 0.6 is 22.6 Å². The van der Waals surface area contributed by atoms with Gasteiger partial charge in [-0.1, -0.05) is 0 Å². The van der Waals surface area contributed by atoms with E-state index in [1.165, 1.54) is 0 Å². The third-order valence-corrected chi connectivity index (χ3v) is 2.13. The Kier molecular flexibility index (Phi) is 1.52. The predicted molar refractivity (Wildman–Crippen MR) is 49.1 cm³/mol. The molecule has 0 aliphatic rings. The summed E-state index contributed by atoms with van der Waals surface area (Å²) in [6.45, 7) is 1.86. The van der Waals surface area contributed by atoms with E-state index in [1.807, 2.05) is 6.92 Å². The lowest BCUT2D eigenvalue weighted by atomic mass is 10.5. The standard InChI is InChI=1S/C6H5IN4/c1-3-10-5(7)4-6(11-3)9-2-8-4/h2H,1H3,(H,8,9,10,11). The molecule has 0 aliphatic heterocycles. The molecule has 0 unspecified atom stereocenters. The molecule has 4 nitrogen and oxygen atoms in total. The van der Waals surface area contributed by atoms with Crippen molar-refractivity contribution < 1.29 is 0 Å². The number of aromatic nitrogens is 4. The van der Waals surface area contributed by atoms with Crippen molar-refractivity contribution >= 4 is 33.8 Å². The molecule has 2 aromatic rings. The Morgan fingerprint density at radius 2 is 2.27 bits per heavy atom. The van der Waals surface area contributed by atoms with Gasteiger partial charge in [-0.2, -0.15) is 0 Å². The van der Waals surface area contributed by atoms with Crippen LogP contribution < -0.4 is 0 Å². The normalized spacial score (nSPS) is 10.7. The van der Waals surface area contributed by atoms with Crippen molar-refractivity contribution in [2.24, 2.45) is 0 Å². The Bertz CT molecular complexity index is 394. The van der Waals surface area contributed by atoms with Gasteiger partial charge in [0.05, 0.1) is 6.33 Å². The molecular formula is C6H5IN4. The smallest absolute Gasteiger partial charge is 0.181 e. The van der Waals surface area contributed by atoms with Crippen LogP contribution in [0.25, 0.3) is 11.2 Å². The van der Waals surface area contributed by atoms with E-state index in [1.54, 1.807) is 6.33 Å². The number of fused-ring (bicyclic) bond motifs is 1. The molecule has 0 saturated heterocycles. The van der Waals surface area contributed by atoms with Crippen LogP contribution in [0.3, 0.4) is 0 Å². The SMILES string of the molecule is Cc1nc(I)c2[nH]cnc2n1. The molecule has 11 heavy (non-hydrogen) atoms. The van der Waals surface area contributed by atoms with Gasteiger partial charge in [-0.05, 0) is 29.5 Å². The number of aryl methyl sites for hydroxylation is 1. The van der Waals surface area contributed by atoms with E-state index in [-0.39, 0.29) is 0 Å². The maximum absolute atomic E-state index is 4.18. The summed E-state index contributed by atoms with van der Waals surface area (Å²) < 4.78 is 0.919. The number of hydrogen-bond acceptors (Lipinski definition) is 3. The highest BCUT2D eigenvalue weighted by atomic mass is 127. The van der Waals surface area contributed by atoms with Gasteiger partial charge in [0.1, 0.15) is 15.0 Å². The van der Waals surface area contributed by atoms with E-state index >= 15 is 0 Å². The van der Waals surface area contributed by atoms with Gasteiger partial charge >= 0.3 is 0 Å². The Morgan fingerprint density at radius 3 is 3.09 bits per heavy atom. The molecule has 0 saturated carbocycles. The van der Waals surface area contributed by atoms with Crippen LogP contribution in [0.4, 0.5) is 0 Å². The summed E-state index contributed by atoms with van der Waals surface area (Å²) in [6.07, 6.45) is 1.63. The van der Waals surface area contributed by atoms with Crippen LogP contribution in [0.15, 0.2) is 6.33 Å². The van der Waals surface area contributed by atoms with Gasteiger partial charge in [0.15, 0.2) is 5.65 Å². The second-order valence-electron chi connectivity index (χ2n) is 2.16. The highest BCUT2D eigenvalue weighted by molar-refractivity contribution is 14.1. The Labute approximate surface area is 76.6 Å². The van der Waals surface area contributed by atoms with E-state index < -0.39 is 0 Å². The van der Waals surface area contributed by atoms with E-state index in [4.69, 9.17) is 0 Å². The summed E-state index contributed by atoms with van der Waals surface area (Å²) in [5, 5.41) is 0. The molecule has 0 fully saturated rings. The molecule has 0 aliphatic carbocycles. The predicted octanol–water partition coefficient (Wildman–Crippen LogP) is 1.27. The largest absolute Gasteiger partial charge is 0.341 e. The van der Waals surface area contributed by atoms with Gasteiger partial charge in [0.2, 0.25) is 0 Å². The van der Waals surface area contributed by atoms with Gasteiger partial charge in [-0.25, -0.2) is 15.0 Å². The second-order valence-corrected chi connectivity index (χ2v) is 3.18. The van der Waals surface area contributed by atoms with Gasteiger partial charge < -0.3 is 4.98 Å². The first-order valence-electron chi connectivity index (χ1n) is 3.10. The molecule has 0 aromatic carbocycles. The lowest BCUT2D eigenvalue weighted by molar-refractivity contribution is 1.06. The monoisotopic (exact) mass is 260 g/mol. The number of halogens is 1. The zero-order valence-corrected chi connectivity index (χ0v) is 7.95. The van der Waals surface area contributed by atoms with Crippen molar-refractivity contribution in [1.82, 2.24) is 19.9 Å². The van der Waals surface area contributed by atoms with E-state index in [2.05, 4.69) is 42.5 Å². The summed E-state index contributed by atoms with van der Waals surface area (Å²) in [7, 11) is 0. The second kappa shape index (κ2) is 2.40. The quantitative estimate of drug-likeness (QED) is 0.573. The van der Waals surface area contributed by atoms with Crippen LogP contribution in [0.1, 0.15) is 5.82 Å². The minimum atomic E-state index is 0.738. The molecule has 1 N–H and O–H groups in total. The minimum Gasteiger partial charge on any atom is -0.341 e. The third kappa shape index (κ3) is 1.09. The molecule has 56 valence electrons. The third-order valence-electron chi connectivity index (χ3n) is 1.35. The van der Waals surface area contributed by atoms with Crippen molar-refractivity contribution in [2.75, 3.05) is 0 Å². The summed E-state index contributed by atoms with van der Waals surface area (Å²) in [5.41, 5.74) is 1.65. The summed E-state index contributed by atoms with van der Waals surface area (Å²) in [5.74, 6) is 0.758. The fourth-order valence-electron chi connectivity index (χ4n) is 0.900. The first kappa shape index (κ1) is 6.96. The molecular weight excluding hydrogens is 255 g/mol. The molecule has 2 heterocycles. The highest BCUT2D eigenvalue weighted by Gasteiger charge is 2.03. The number of imidazole rings is 1. The molecule has 0 amide bonds. The number of nitrogens with zero attached hydrogens (tertiary/aromatic N) is 3. The zero-order valence-electron chi connectivity index (χ0n) is 5.80. The molecule has 0 spiro atoms. The summed E-state index contributed by atoms with van der Waals surface area (Å²) in [4.78, 5) is 15.3. The molecule has 2 rings (SSSR count). The first-order chi connectivity index (χ1) is 5.27. The van der Waals surface area contributed by atoms with E-state index in [0.717, 1.165) is 20.7 Å². The Balaban J connectivity index is 2.91. The maximum atomic E-state index is 4.18. The lowest BCUT2D eigenvalue weighted by Gasteiger charge is -1.93. The topological polar surface area (TPSA) is 54.5 Å². The average Bonchev–Trinajstić information content (AvgIpc) is 2.34. The Morgan fingerprint density at radius 1 is 1.45 bits per heavy atom. The molecule has 2 aromatic heterocycles. The van der Waals surface area contributed by atoms with Gasteiger partial charge in [-0.3, -0.25) is 0 Å². The zero-order chi connectivity index (χ0) is 7.84. The van der Waals surface area contributed by atoms with Gasteiger partial charge in [0.25, 0.3) is 0 Å². The number of H-pyrrole nitrogens is 1. The average molecular weight is 260 g/mol. The van der Waals surface area contributed by atoms with Crippen LogP contribution in [0.5, 0.6) is 0 Å². The van der Waals surface area contributed by atoms with Gasteiger partial charge in [0, 0.05) is 0 Å². The van der Waals surface area contributed by atoms with E-state index in [9.17, 15) is 0 Å². The first-order valence-corrected chi connectivity index (χ1v) is 4.18. The van der Waals surface area contributed by atoms with Crippen molar-refractivity contribution in [3.63, 3.8) is 0 Å². The number of rotatable bonds is 0. The van der Waals surface area contributed by atoms with Crippen LogP contribution in [-0.2, 0) is 0 Å². The fraction of sp³-hybridized carbons (Fsp3) is 0.167. The van der Waals surface area contributed by atoms with Crippen LogP contribution in [0.2, 0.25) is 0 Å². The summed E-state index contributed by atoms with van der Waals surface area (Å²) >= 11 is 2.16. The molecule has 5 heteroatoms. The maximum Gasteiger partial charge on any atom is 0.181 e. The van der Waals surface area contributed by atoms with E-state index in [0.29, 0.717) is 0 Å². The number of nitrogens with one attached hydrogen (secondary N) is 1.